The van der Waals surface area contributed by atoms with Crippen molar-refractivity contribution in [3.8, 4) is 17.0 Å². The molecular weight excluding hydrogens is 564 g/mol. The highest BCUT2D eigenvalue weighted by molar-refractivity contribution is 14.1. The number of alkyl halides is 3. The first kappa shape index (κ1) is 24.2. The number of halogens is 4. The van der Waals surface area contributed by atoms with Crippen LogP contribution in [0, 0.1) is 6.92 Å². The van der Waals surface area contributed by atoms with Crippen LogP contribution in [0.5, 0.6) is 5.88 Å². The van der Waals surface area contributed by atoms with Gasteiger partial charge in [0.25, 0.3) is 5.91 Å². The van der Waals surface area contributed by atoms with Crippen molar-refractivity contribution in [2.75, 3.05) is 36.5 Å². The number of rotatable bonds is 5. The number of nitrogens with one attached hydrogen (secondary N) is 1. The normalized spacial score (nSPS) is 14.1. The number of aromatic nitrogens is 2. The molecule has 11 heteroatoms. The lowest BCUT2D eigenvalue weighted by Crippen LogP contribution is -2.36. The molecule has 178 valence electrons. The quantitative estimate of drug-likeness (QED) is 0.411. The van der Waals surface area contributed by atoms with E-state index in [4.69, 9.17) is 7.80 Å². The summed E-state index contributed by atoms with van der Waals surface area (Å²) in [7, 11) is 0. The number of hydrogen-bond acceptors (Lipinski definition) is 6. The largest absolute Gasteiger partial charge is 0.416 e. The van der Waals surface area contributed by atoms with E-state index in [1.807, 2.05) is 13.0 Å². The lowest BCUT2D eigenvalue weighted by Gasteiger charge is -2.29. The number of pyridine rings is 2. The van der Waals surface area contributed by atoms with Crippen LogP contribution in [0.15, 0.2) is 48.8 Å². The summed E-state index contributed by atoms with van der Waals surface area (Å²) in [6.07, 6.45) is -1.42. The Balaban J connectivity index is 1.62. The second-order valence-electron chi connectivity index (χ2n) is 7.61. The van der Waals surface area contributed by atoms with E-state index < -0.39 is 17.6 Å². The topological polar surface area (TPSA) is 76.6 Å². The van der Waals surface area contributed by atoms with E-state index in [1.54, 1.807) is 35.3 Å². The molecule has 3 heterocycles. The average molecular weight is 584 g/mol. The van der Waals surface area contributed by atoms with Gasteiger partial charge in [0.05, 0.1) is 30.7 Å². The van der Waals surface area contributed by atoms with Crippen LogP contribution in [0.1, 0.15) is 21.6 Å². The molecule has 0 spiro atoms. The Labute approximate surface area is 208 Å². The highest BCUT2D eigenvalue weighted by atomic mass is 127. The predicted molar refractivity (Wildman–Crippen MR) is 129 cm³/mol. The number of morpholine rings is 1. The molecule has 1 amide bonds. The van der Waals surface area contributed by atoms with Crippen LogP contribution in [-0.2, 0) is 10.9 Å². The monoisotopic (exact) mass is 584 g/mol. The minimum absolute atomic E-state index is 0.100. The van der Waals surface area contributed by atoms with Crippen molar-refractivity contribution in [3.05, 3.63) is 65.6 Å². The van der Waals surface area contributed by atoms with Gasteiger partial charge in [0.1, 0.15) is 5.69 Å². The minimum atomic E-state index is -4.53. The third-order valence-corrected chi connectivity index (χ3v) is 5.78. The summed E-state index contributed by atoms with van der Waals surface area (Å²) in [5.41, 5.74) is 2.37. The van der Waals surface area contributed by atoms with Crippen LogP contribution in [0.3, 0.4) is 0 Å². The van der Waals surface area contributed by atoms with Crippen molar-refractivity contribution >= 4 is 40.3 Å². The zero-order chi connectivity index (χ0) is 24.3. The number of amides is 1. The van der Waals surface area contributed by atoms with E-state index in [1.165, 1.54) is 18.3 Å². The molecule has 3 aromatic rings. The fraction of sp³-hybridized carbons (Fsp3) is 0.261. The number of carbonyl (C=O) groups excluding carboxylic acids is 1. The third kappa shape index (κ3) is 5.41. The van der Waals surface area contributed by atoms with Gasteiger partial charge in [-0.25, -0.2) is 4.98 Å². The Morgan fingerprint density at radius 1 is 1.15 bits per heavy atom. The van der Waals surface area contributed by atoms with Crippen LogP contribution in [-0.4, -0.2) is 42.2 Å². The first-order chi connectivity index (χ1) is 16.3. The van der Waals surface area contributed by atoms with Crippen molar-refractivity contribution < 1.29 is 25.8 Å². The Bertz CT molecular complexity index is 1200. The van der Waals surface area contributed by atoms with Gasteiger partial charge >= 0.3 is 6.18 Å². The number of anilines is 2. The zero-order valence-electron chi connectivity index (χ0n) is 18.0. The minimum Gasteiger partial charge on any atom is -0.406 e. The molecule has 1 saturated heterocycles. The molecule has 2 aromatic heterocycles. The van der Waals surface area contributed by atoms with Gasteiger partial charge in [0, 0.05) is 41.7 Å². The first-order valence-electron chi connectivity index (χ1n) is 10.3. The maximum Gasteiger partial charge on any atom is 0.416 e. The summed E-state index contributed by atoms with van der Waals surface area (Å²) in [6.45, 7) is 4.42. The van der Waals surface area contributed by atoms with E-state index in [2.05, 4.69) is 20.2 Å². The summed E-state index contributed by atoms with van der Waals surface area (Å²) < 4.78 is 49.8. The summed E-state index contributed by atoms with van der Waals surface area (Å²) in [6, 6.07) is 7.93. The third-order valence-electron chi connectivity index (χ3n) is 5.36. The van der Waals surface area contributed by atoms with Crippen LogP contribution in [0.4, 0.5) is 24.5 Å². The Morgan fingerprint density at radius 2 is 1.91 bits per heavy atom. The van der Waals surface area contributed by atoms with Crippen molar-refractivity contribution in [3.63, 3.8) is 0 Å². The Morgan fingerprint density at radius 3 is 2.62 bits per heavy atom. The highest BCUT2D eigenvalue weighted by Gasteiger charge is 2.31. The van der Waals surface area contributed by atoms with Gasteiger partial charge < -0.3 is 18.0 Å². The summed E-state index contributed by atoms with van der Waals surface area (Å²) >= 11 is 1.79. The molecule has 0 radical (unpaired) electrons. The van der Waals surface area contributed by atoms with E-state index in [9.17, 15) is 18.0 Å². The smallest absolute Gasteiger partial charge is 0.406 e. The Hall–Kier alpha value is -2.93. The van der Waals surface area contributed by atoms with Gasteiger partial charge in [-0.3, -0.25) is 9.78 Å². The molecule has 1 aliphatic heterocycles. The highest BCUT2D eigenvalue weighted by Crippen LogP contribution is 2.34. The first-order valence-corrected chi connectivity index (χ1v) is 11.2. The molecule has 0 atom stereocenters. The zero-order valence-corrected chi connectivity index (χ0v) is 20.2. The van der Waals surface area contributed by atoms with E-state index in [0.29, 0.717) is 43.6 Å². The average Bonchev–Trinajstić information content (AvgIpc) is 2.85. The molecule has 1 fully saturated rings. The van der Waals surface area contributed by atoms with Gasteiger partial charge in [0.2, 0.25) is 5.88 Å². The van der Waals surface area contributed by atoms with E-state index in [-0.39, 0.29) is 5.56 Å². The van der Waals surface area contributed by atoms with Crippen LogP contribution in [0.2, 0.25) is 0 Å². The Kier molecular flexibility index (Phi) is 7.22. The summed E-state index contributed by atoms with van der Waals surface area (Å²) in [4.78, 5) is 23.5. The van der Waals surface area contributed by atoms with Crippen molar-refractivity contribution in [2.24, 2.45) is 0 Å². The molecule has 0 unspecified atom stereocenters. The second kappa shape index (κ2) is 10.1. The van der Waals surface area contributed by atoms with Gasteiger partial charge in [0.15, 0.2) is 23.0 Å². The molecule has 0 bridgehead atoms. The summed E-state index contributed by atoms with van der Waals surface area (Å²) in [5.74, 6) is -0.186. The molecule has 1 aromatic carbocycles. The lowest BCUT2D eigenvalue weighted by atomic mass is 10.0. The number of nitrogens with zero attached hydrogens (tertiary/aromatic N) is 3. The van der Waals surface area contributed by atoms with Crippen molar-refractivity contribution in [2.45, 2.75) is 13.1 Å². The molecule has 0 aliphatic carbocycles. The van der Waals surface area contributed by atoms with Gasteiger partial charge in [-0.15, -0.1) is 0 Å². The molecule has 4 rings (SSSR count). The van der Waals surface area contributed by atoms with Gasteiger partial charge in [-0.2, -0.15) is 13.2 Å². The van der Waals surface area contributed by atoms with Crippen LogP contribution in [0.25, 0.3) is 11.1 Å². The van der Waals surface area contributed by atoms with E-state index in [0.717, 1.165) is 28.9 Å². The standard InChI is InChI=1S/C23H20F3IN4O3/c1-14-19(16-10-20(22(34-27)29-12-16)31-5-7-33-8-6-31)11-18(13-28-14)30-21(32)15-3-2-4-17(9-15)23(24,25)26/h2-4,9-13H,5-8H2,1H3,(H,30,32). The maximum absolute atomic E-state index is 13.0. The summed E-state index contributed by atoms with van der Waals surface area (Å²) in [5, 5.41) is 2.63. The van der Waals surface area contributed by atoms with Crippen LogP contribution >= 0.6 is 23.0 Å². The van der Waals surface area contributed by atoms with E-state index >= 15 is 0 Å². The van der Waals surface area contributed by atoms with Crippen molar-refractivity contribution in [1.29, 1.82) is 0 Å². The predicted octanol–water partition coefficient (Wildman–Crippen LogP) is 5.29. The molecule has 1 N–H and O–H groups in total. The number of ether oxygens (including phenoxy) is 1. The molecule has 7 nitrogen and oxygen atoms in total. The number of aryl methyl sites for hydroxylation is 1. The van der Waals surface area contributed by atoms with Crippen LogP contribution < -0.4 is 13.3 Å². The maximum atomic E-state index is 13.0. The van der Waals surface area contributed by atoms with Crippen molar-refractivity contribution in [1.82, 2.24) is 9.97 Å². The number of carbonyl (C=O) groups is 1. The van der Waals surface area contributed by atoms with Gasteiger partial charge in [-0.1, -0.05) is 6.07 Å². The number of hydrogen-bond donors (Lipinski definition) is 1. The second-order valence-corrected chi connectivity index (χ2v) is 8.05. The fourth-order valence-corrected chi connectivity index (χ4v) is 3.95. The fourth-order valence-electron chi connectivity index (χ4n) is 3.61. The SMILES string of the molecule is Cc1ncc(NC(=O)c2cccc(C(F)(F)F)c2)cc1-c1cnc(OI)c(N2CCOCC2)c1. The molecule has 0 saturated carbocycles. The molecule has 34 heavy (non-hydrogen) atoms. The lowest BCUT2D eigenvalue weighted by molar-refractivity contribution is -0.137. The van der Waals surface area contributed by atoms with Gasteiger partial charge in [-0.05, 0) is 37.3 Å². The molecule has 1 aliphatic rings. The molecular formula is C23H20F3IN4O3. The number of benzene rings is 1.